The topological polar surface area (TPSA) is 52.0 Å². The van der Waals surface area contributed by atoms with Crippen LogP contribution in [0.25, 0.3) is 0 Å². The molecule has 6 heteroatoms. The summed E-state index contributed by atoms with van der Waals surface area (Å²) in [6.07, 6.45) is 2.90. The zero-order valence-corrected chi connectivity index (χ0v) is 12.9. The molecule has 1 aromatic carbocycles. The van der Waals surface area contributed by atoms with E-state index in [2.05, 4.69) is 44.4 Å². The van der Waals surface area contributed by atoms with Crippen LogP contribution in [0.2, 0.25) is 0 Å². The fourth-order valence-corrected chi connectivity index (χ4v) is 2.84. The van der Waals surface area contributed by atoms with Gasteiger partial charge >= 0.3 is 0 Å². The zero-order valence-electron chi connectivity index (χ0n) is 11.3. The number of nitrogens with one attached hydrogen (secondary N) is 1. The van der Waals surface area contributed by atoms with Crippen molar-refractivity contribution in [1.29, 1.82) is 0 Å². The molecular formula is C14H17BrN4O. The molecule has 20 heavy (non-hydrogen) atoms. The number of aromatic nitrogens is 3. The molecule has 1 N–H and O–H groups in total. The third kappa shape index (κ3) is 2.86. The van der Waals surface area contributed by atoms with Gasteiger partial charge in [-0.05, 0) is 30.7 Å². The van der Waals surface area contributed by atoms with Gasteiger partial charge in [-0.25, -0.2) is 0 Å². The van der Waals surface area contributed by atoms with E-state index in [4.69, 9.17) is 4.74 Å². The van der Waals surface area contributed by atoms with Gasteiger partial charge in [0.25, 0.3) is 0 Å². The predicted octanol–water partition coefficient (Wildman–Crippen LogP) is 2.15. The average molecular weight is 337 g/mol. The maximum absolute atomic E-state index is 5.91. The first-order valence-corrected chi connectivity index (χ1v) is 7.58. The number of nitrogens with zero attached hydrogens (tertiary/aromatic N) is 3. The van der Waals surface area contributed by atoms with Gasteiger partial charge in [0.1, 0.15) is 24.0 Å². The van der Waals surface area contributed by atoms with Crippen LogP contribution < -0.4 is 10.1 Å². The highest BCUT2D eigenvalue weighted by atomic mass is 79.9. The van der Waals surface area contributed by atoms with Crippen molar-refractivity contribution in [3.05, 3.63) is 40.4 Å². The smallest absolute Gasteiger partial charge is 0.146 e. The summed E-state index contributed by atoms with van der Waals surface area (Å²) in [5.74, 6) is 1.96. The summed E-state index contributed by atoms with van der Waals surface area (Å²) in [6, 6.07) is 6.16. The lowest BCUT2D eigenvalue weighted by atomic mass is 10.1. The van der Waals surface area contributed by atoms with E-state index in [0.29, 0.717) is 6.54 Å². The Morgan fingerprint density at radius 2 is 2.40 bits per heavy atom. The van der Waals surface area contributed by atoms with Gasteiger partial charge in [-0.15, -0.1) is 10.2 Å². The van der Waals surface area contributed by atoms with Gasteiger partial charge in [-0.2, -0.15) is 0 Å². The molecule has 1 unspecified atom stereocenters. The SMILES string of the molecule is CCn1cnnc1CNCC1Cc2cc(Br)ccc2O1. The molecule has 5 nitrogen and oxygen atoms in total. The van der Waals surface area contributed by atoms with Gasteiger partial charge < -0.3 is 14.6 Å². The number of fused-ring (bicyclic) bond motifs is 1. The molecule has 106 valence electrons. The highest BCUT2D eigenvalue weighted by Crippen LogP contribution is 2.30. The van der Waals surface area contributed by atoms with Gasteiger partial charge in [-0.1, -0.05) is 15.9 Å². The fourth-order valence-electron chi connectivity index (χ4n) is 2.43. The first kappa shape index (κ1) is 13.6. The first-order valence-electron chi connectivity index (χ1n) is 6.78. The summed E-state index contributed by atoms with van der Waals surface area (Å²) < 4.78 is 9.05. The normalized spacial score (nSPS) is 17.0. The van der Waals surface area contributed by atoms with Crippen molar-refractivity contribution >= 4 is 15.9 Å². The monoisotopic (exact) mass is 336 g/mol. The van der Waals surface area contributed by atoms with Crippen LogP contribution in [-0.2, 0) is 19.5 Å². The highest BCUT2D eigenvalue weighted by molar-refractivity contribution is 9.10. The molecule has 2 heterocycles. The molecule has 2 aromatic rings. The van der Waals surface area contributed by atoms with E-state index in [1.807, 2.05) is 16.7 Å². The lowest BCUT2D eigenvalue weighted by Gasteiger charge is -2.11. The van der Waals surface area contributed by atoms with Crippen molar-refractivity contribution < 1.29 is 4.74 Å². The third-order valence-electron chi connectivity index (χ3n) is 3.46. The number of rotatable bonds is 5. The van der Waals surface area contributed by atoms with E-state index in [9.17, 15) is 0 Å². The van der Waals surface area contributed by atoms with E-state index >= 15 is 0 Å². The standard InChI is InChI=1S/C14H17BrN4O/c1-2-19-9-17-18-14(19)8-16-7-12-6-10-5-11(15)3-4-13(10)20-12/h3-5,9,12,16H,2,6-8H2,1H3. The number of hydrogen-bond acceptors (Lipinski definition) is 4. The summed E-state index contributed by atoms with van der Waals surface area (Å²) in [4.78, 5) is 0. The lowest BCUT2D eigenvalue weighted by Crippen LogP contribution is -2.30. The number of aryl methyl sites for hydroxylation is 1. The Morgan fingerprint density at radius 3 is 3.25 bits per heavy atom. The molecule has 0 saturated heterocycles. The first-order chi connectivity index (χ1) is 9.76. The van der Waals surface area contributed by atoms with Gasteiger partial charge in [-0.3, -0.25) is 0 Å². The third-order valence-corrected chi connectivity index (χ3v) is 3.95. The van der Waals surface area contributed by atoms with Crippen LogP contribution in [0.1, 0.15) is 18.3 Å². The number of halogens is 1. The fraction of sp³-hybridized carbons (Fsp3) is 0.429. The summed E-state index contributed by atoms with van der Waals surface area (Å²) >= 11 is 3.49. The summed E-state index contributed by atoms with van der Waals surface area (Å²) in [5.41, 5.74) is 1.27. The molecule has 0 radical (unpaired) electrons. The molecule has 3 rings (SSSR count). The molecule has 0 aliphatic carbocycles. The number of benzene rings is 1. The molecule has 0 saturated carbocycles. The van der Waals surface area contributed by atoms with E-state index in [0.717, 1.165) is 35.6 Å². The summed E-state index contributed by atoms with van der Waals surface area (Å²) in [5, 5.41) is 11.4. The Morgan fingerprint density at radius 1 is 1.50 bits per heavy atom. The Balaban J connectivity index is 1.51. The zero-order chi connectivity index (χ0) is 13.9. The minimum atomic E-state index is 0.192. The van der Waals surface area contributed by atoms with Crippen LogP contribution in [-0.4, -0.2) is 27.4 Å². The van der Waals surface area contributed by atoms with Gasteiger partial charge in [0.05, 0.1) is 6.54 Å². The second-order valence-electron chi connectivity index (χ2n) is 4.86. The molecule has 0 spiro atoms. The van der Waals surface area contributed by atoms with Crippen LogP contribution in [0.3, 0.4) is 0 Å². The van der Waals surface area contributed by atoms with E-state index in [1.54, 1.807) is 6.33 Å². The van der Waals surface area contributed by atoms with Crippen molar-refractivity contribution in [2.75, 3.05) is 6.54 Å². The molecule has 0 fully saturated rings. The predicted molar refractivity (Wildman–Crippen MR) is 79.7 cm³/mol. The van der Waals surface area contributed by atoms with Crippen LogP contribution in [0.4, 0.5) is 0 Å². The van der Waals surface area contributed by atoms with E-state index in [1.165, 1.54) is 5.56 Å². The van der Waals surface area contributed by atoms with E-state index < -0.39 is 0 Å². The minimum absolute atomic E-state index is 0.192. The number of hydrogen-bond donors (Lipinski definition) is 1. The largest absolute Gasteiger partial charge is 0.488 e. The van der Waals surface area contributed by atoms with Crippen molar-refractivity contribution in [2.24, 2.45) is 0 Å². The molecule has 1 aliphatic rings. The average Bonchev–Trinajstić information content (AvgIpc) is 3.04. The van der Waals surface area contributed by atoms with Gasteiger partial charge in [0.15, 0.2) is 0 Å². The van der Waals surface area contributed by atoms with E-state index in [-0.39, 0.29) is 6.10 Å². The highest BCUT2D eigenvalue weighted by Gasteiger charge is 2.22. The van der Waals surface area contributed by atoms with Crippen LogP contribution in [0.15, 0.2) is 29.0 Å². The van der Waals surface area contributed by atoms with Gasteiger partial charge in [0.2, 0.25) is 0 Å². The quantitative estimate of drug-likeness (QED) is 0.908. The molecule has 1 aliphatic heterocycles. The van der Waals surface area contributed by atoms with Crippen molar-refractivity contribution in [2.45, 2.75) is 32.5 Å². The van der Waals surface area contributed by atoms with Crippen molar-refractivity contribution in [3.8, 4) is 5.75 Å². The maximum atomic E-state index is 5.91. The van der Waals surface area contributed by atoms with Crippen LogP contribution in [0.5, 0.6) is 5.75 Å². The Labute approximate surface area is 126 Å². The van der Waals surface area contributed by atoms with Crippen molar-refractivity contribution in [3.63, 3.8) is 0 Å². The minimum Gasteiger partial charge on any atom is -0.488 e. The second kappa shape index (κ2) is 5.93. The second-order valence-corrected chi connectivity index (χ2v) is 5.78. The Hall–Kier alpha value is -1.40. The maximum Gasteiger partial charge on any atom is 0.146 e. The van der Waals surface area contributed by atoms with Gasteiger partial charge in [0, 0.05) is 24.0 Å². The molecular weight excluding hydrogens is 320 g/mol. The Kier molecular flexibility index (Phi) is 4.03. The molecule has 1 atom stereocenters. The molecule has 0 bridgehead atoms. The lowest BCUT2D eigenvalue weighted by molar-refractivity contribution is 0.226. The number of ether oxygens (including phenoxy) is 1. The summed E-state index contributed by atoms with van der Waals surface area (Å²) in [6.45, 7) is 4.50. The molecule has 0 amide bonds. The Bertz CT molecular complexity index is 599. The van der Waals surface area contributed by atoms with Crippen LogP contribution >= 0.6 is 15.9 Å². The van der Waals surface area contributed by atoms with Crippen LogP contribution in [0, 0.1) is 0 Å². The summed E-state index contributed by atoms with van der Waals surface area (Å²) in [7, 11) is 0. The molecule has 1 aromatic heterocycles. The van der Waals surface area contributed by atoms with Crippen molar-refractivity contribution in [1.82, 2.24) is 20.1 Å².